The number of benzene rings is 1. The van der Waals surface area contributed by atoms with Crippen LogP contribution in [0.4, 0.5) is 0 Å². The van der Waals surface area contributed by atoms with Crippen LogP contribution in [0.1, 0.15) is 19.8 Å². The van der Waals surface area contributed by atoms with Crippen LogP contribution in [0.3, 0.4) is 0 Å². The fourth-order valence-electron chi connectivity index (χ4n) is 2.70. The Kier molecular flexibility index (Phi) is 5.34. The van der Waals surface area contributed by atoms with Gasteiger partial charge < -0.3 is 9.64 Å². The molecule has 1 saturated heterocycles. The molecule has 1 amide bonds. The van der Waals surface area contributed by atoms with Crippen LogP contribution in [0.15, 0.2) is 29.4 Å². The fourth-order valence-corrected chi connectivity index (χ4v) is 3.49. The number of hydrogen-bond acceptors (Lipinski definition) is 6. The fraction of sp³-hybridized carbons (Fsp3) is 0.500. The van der Waals surface area contributed by atoms with Gasteiger partial charge in [0.05, 0.1) is 12.9 Å². The minimum Gasteiger partial charge on any atom is -0.494 e. The molecule has 0 aliphatic carbocycles. The highest BCUT2D eigenvalue weighted by Crippen LogP contribution is 2.26. The molecule has 0 spiro atoms. The van der Waals surface area contributed by atoms with Crippen LogP contribution in [0.5, 0.6) is 5.75 Å². The Hall–Kier alpha value is -2.09. The summed E-state index contributed by atoms with van der Waals surface area (Å²) in [5.41, 5.74) is 0.756. The van der Waals surface area contributed by atoms with E-state index in [0.29, 0.717) is 22.6 Å². The number of piperidine rings is 1. The Bertz CT molecular complexity index is 697. The monoisotopic (exact) mass is 347 g/mol. The Morgan fingerprint density at radius 3 is 2.83 bits per heavy atom. The number of ether oxygens (including phenoxy) is 1. The van der Waals surface area contributed by atoms with E-state index in [4.69, 9.17) is 4.74 Å². The summed E-state index contributed by atoms with van der Waals surface area (Å²) in [5, 5.41) is 12.4. The van der Waals surface area contributed by atoms with Crippen molar-refractivity contribution in [3.63, 3.8) is 0 Å². The van der Waals surface area contributed by atoms with Crippen LogP contribution in [0.25, 0.3) is 5.69 Å². The number of methoxy groups -OCH3 is 1. The molecule has 8 heteroatoms. The normalized spacial score (nSPS) is 15.5. The van der Waals surface area contributed by atoms with E-state index in [1.807, 2.05) is 29.2 Å². The molecule has 0 N–H and O–H groups in total. The van der Waals surface area contributed by atoms with Gasteiger partial charge in [0.1, 0.15) is 11.4 Å². The predicted octanol–water partition coefficient (Wildman–Crippen LogP) is 2.02. The van der Waals surface area contributed by atoms with Crippen LogP contribution in [-0.4, -0.2) is 57.0 Å². The Morgan fingerprint density at radius 1 is 1.33 bits per heavy atom. The van der Waals surface area contributed by atoms with Crippen molar-refractivity contribution in [2.45, 2.75) is 24.9 Å². The van der Waals surface area contributed by atoms with Gasteiger partial charge >= 0.3 is 0 Å². The van der Waals surface area contributed by atoms with E-state index < -0.39 is 0 Å². The van der Waals surface area contributed by atoms with Crippen LogP contribution >= 0.6 is 11.8 Å². The number of carbonyl (C=O) groups is 1. The Morgan fingerprint density at radius 2 is 2.08 bits per heavy atom. The summed E-state index contributed by atoms with van der Waals surface area (Å²) < 4.78 is 6.96. The second kappa shape index (κ2) is 7.65. The molecule has 1 fully saturated rings. The number of rotatable bonds is 5. The molecule has 24 heavy (non-hydrogen) atoms. The van der Waals surface area contributed by atoms with Crippen LogP contribution in [0, 0.1) is 5.92 Å². The first kappa shape index (κ1) is 16.8. The maximum atomic E-state index is 12.4. The molecule has 0 atom stereocenters. The number of carbonyl (C=O) groups excluding carboxylic acids is 1. The maximum absolute atomic E-state index is 12.4. The summed E-state index contributed by atoms with van der Waals surface area (Å²) in [5.74, 6) is 1.87. The predicted molar refractivity (Wildman–Crippen MR) is 91.4 cm³/mol. The molecule has 128 valence electrons. The number of amides is 1. The number of nitrogens with zero attached hydrogens (tertiary/aromatic N) is 5. The second-order valence-electron chi connectivity index (χ2n) is 5.90. The molecular weight excluding hydrogens is 326 g/mol. The SMILES string of the molecule is COc1ccccc1-n1nnnc1SCC(=O)N1CCC(C)CC1. The van der Waals surface area contributed by atoms with Gasteiger partial charge in [-0.05, 0) is 41.3 Å². The van der Waals surface area contributed by atoms with E-state index in [1.54, 1.807) is 11.8 Å². The van der Waals surface area contributed by atoms with Gasteiger partial charge in [0.15, 0.2) is 0 Å². The molecule has 1 aliphatic heterocycles. The lowest BCUT2D eigenvalue weighted by atomic mass is 9.99. The molecule has 0 bridgehead atoms. The number of hydrogen-bond donors (Lipinski definition) is 0. The molecule has 1 aromatic carbocycles. The second-order valence-corrected chi connectivity index (χ2v) is 6.84. The van der Waals surface area contributed by atoms with Crippen molar-refractivity contribution < 1.29 is 9.53 Å². The van der Waals surface area contributed by atoms with E-state index in [-0.39, 0.29) is 5.91 Å². The van der Waals surface area contributed by atoms with Crippen LogP contribution in [0.2, 0.25) is 0 Å². The third-order valence-corrected chi connectivity index (χ3v) is 5.12. The zero-order valence-corrected chi connectivity index (χ0v) is 14.7. The maximum Gasteiger partial charge on any atom is 0.233 e. The topological polar surface area (TPSA) is 73.1 Å². The van der Waals surface area contributed by atoms with Gasteiger partial charge in [-0.15, -0.1) is 5.10 Å². The number of tetrazole rings is 1. The lowest BCUT2D eigenvalue weighted by Crippen LogP contribution is -2.38. The van der Waals surface area contributed by atoms with Crippen LogP contribution in [-0.2, 0) is 4.79 Å². The highest BCUT2D eigenvalue weighted by atomic mass is 32.2. The zero-order valence-electron chi connectivity index (χ0n) is 13.9. The molecule has 2 heterocycles. The first-order valence-corrected chi connectivity index (χ1v) is 9.00. The molecule has 0 unspecified atom stereocenters. The number of para-hydroxylation sites is 2. The summed E-state index contributed by atoms with van der Waals surface area (Å²) >= 11 is 1.35. The van der Waals surface area contributed by atoms with E-state index in [9.17, 15) is 4.79 Å². The standard InChI is InChI=1S/C16H21N5O2S/c1-12-7-9-20(10-8-12)15(22)11-24-16-17-18-19-21(16)13-5-3-4-6-14(13)23-2/h3-6,12H,7-11H2,1-2H3. The average molecular weight is 347 g/mol. The van der Waals surface area contributed by atoms with Crippen molar-refractivity contribution >= 4 is 17.7 Å². The lowest BCUT2D eigenvalue weighted by molar-refractivity contribution is -0.129. The molecule has 0 saturated carbocycles. The van der Waals surface area contributed by atoms with Crippen molar-refractivity contribution in [1.82, 2.24) is 25.1 Å². The third-order valence-electron chi connectivity index (χ3n) is 4.22. The highest BCUT2D eigenvalue weighted by Gasteiger charge is 2.21. The van der Waals surface area contributed by atoms with Crippen molar-refractivity contribution in [3.8, 4) is 11.4 Å². The number of thioether (sulfide) groups is 1. The van der Waals surface area contributed by atoms with Crippen molar-refractivity contribution in [3.05, 3.63) is 24.3 Å². The minimum atomic E-state index is 0.140. The molecule has 1 aliphatic rings. The van der Waals surface area contributed by atoms with Gasteiger partial charge in [-0.1, -0.05) is 30.8 Å². The molecule has 3 rings (SSSR count). The summed E-state index contributed by atoms with van der Waals surface area (Å²) in [6.07, 6.45) is 2.16. The molecule has 2 aromatic rings. The first-order chi connectivity index (χ1) is 11.7. The van der Waals surface area contributed by atoms with E-state index >= 15 is 0 Å². The Labute approximate surface area is 145 Å². The van der Waals surface area contributed by atoms with Gasteiger partial charge in [-0.2, -0.15) is 4.68 Å². The molecule has 1 aromatic heterocycles. The largest absolute Gasteiger partial charge is 0.494 e. The number of likely N-dealkylation sites (tertiary alicyclic amines) is 1. The van der Waals surface area contributed by atoms with Crippen LogP contribution < -0.4 is 4.74 Å². The van der Waals surface area contributed by atoms with Crippen molar-refractivity contribution in [2.24, 2.45) is 5.92 Å². The smallest absolute Gasteiger partial charge is 0.233 e. The van der Waals surface area contributed by atoms with E-state index in [2.05, 4.69) is 22.4 Å². The summed E-state index contributed by atoms with van der Waals surface area (Å²) in [4.78, 5) is 14.3. The summed E-state index contributed by atoms with van der Waals surface area (Å²) in [6, 6.07) is 7.52. The summed E-state index contributed by atoms with van der Waals surface area (Å²) in [7, 11) is 1.61. The number of aromatic nitrogens is 4. The third kappa shape index (κ3) is 3.69. The van der Waals surface area contributed by atoms with Crippen molar-refractivity contribution in [2.75, 3.05) is 26.0 Å². The minimum absolute atomic E-state index is 0.140. The van der Waals surface area contributed by atoms with E-state index in [1.165, 1.54) is 11.8 Å². The zero-order chi connectivity index (χ0) is 16.9. The van der Waals surface area contributed by atoms with E-state index in [0.717, 1.165) is 31.6 Å². The van der Waals surface area contributed by atoms with Gasteiger partial charge in [-0.3, -0.25) is 4.79 Å². The highest BCUT2D eigenvalue weighted by molar-refractivity contribution is 7.99. The van der Waals surface area contributed by atoms with Gasteiger partial charge in [0.2, 0.25) is 11.1 Å². The van der Waals surface area contributed by atoms with Gasteiger partial charge in [-0.25, -0.2) is 0 Å². The first-order valence-electron chi connectivity index (χ1n) is 8.01. The van der Waals surface area contributed by atoms with Gasteiger partial charge in [0.25, 0.3) is 0 Å². The van der Waals surface area contributed by atoms with Crippen molar-refractivity contribution in [1.29, 1.82) is 0 Å². The molecular formula is C16H21N5O2S. The van der Waals surface area contributed by atoms with Gasteiger partial charge in [0, 0.05) is 13.1 Å². The Balaban J connectivity index is 1.67. The quantitative estimate of drug-likeness (QED) is 0.771. The lowest BCUT2D eigenvalue weighted by Gasteiger charge is -2.30. The average Bonchev–Trinajstić information content (AvgIpc) is 3.08. The summed E-state index contributed by atoms with van der Waals surface area (Å²) in [6.45, 7) is 3.92. The molecule has 0 radical (unpaired) electrons. The molecule has 7 nitrogen and oxygen atoms in total.